The molecule has 0 aromatic carbocycles. The summed E-state index contributed by atoms with van der Waals surface area (Å²) in [5, 5.41) is 0.509. The van der Waals surface area contributed by atoms with E-state index in [2.05, 4.69) is 4.98 Å². The first-order valence-corrected chi connectivity index (χ1v) is 4.34. The summed E-state index contributed by atoms with van der Waals surface area (Å²) in [5.74, 6) is 0.895. The van der Waals surface area contributed by atoms with E-state index in [0.29, 0.717) is 10.8 Å². The summed E-state index contributed by atoms with van der Waals surface area (Å²) in [5.41, 5.74) is 0.423. The van der Waals surface area contributed by atoms with Gasteiger partial charge in [-0.25, -0.2) is 4.98 Å². The number of aromatic nitrogens is 2. The highest BCUT2D eigenvalue weighted by molar-refractivity contribution is 6.32. The number of hydrogen-bond acceptors (Lipinski definition) is 2. The number of fused-ring (bicyclic) bond motifs is 1. The molecule has 2 rings (SSSR count). The Bertz CT molecular complexity index is 343. The van der Waals surface area contributed by atoms with Crippen LogP contribution in [0.3, 0.4) is 0 Å². The van der Waals surface area contributed by atoms with Gasteiger partial charge in [-0.15, -0.1) is 0 Å². The predicted octanol–water partition coefficient (Wildman–Crippen LogP) is 1.69. The Kier molecular flexibility index (Phi) is 1.68. The molecule has 3 nitrogen and oxygen atoms in total. The summed E-state index contributed by atoms with van der Waals surface area (Å²) in [6.45, 7) is 2.39. The van der Waals surface area contributed by atoms with Gasteiger partial charge in [0.1, 0.15) is 16.7 Å². The molecule has 0 amide bonds. The molecule has 12 heavy (non-hydrogen) atoms. The van der Waals surface area contributed by atoms with E-state index in [1.165, 1.54) is 6.92 Å². The van der Waals surface area contributed by atoms with Gasteiger partial charge in [-0.1, -0.05) is 11.6 Å². The zero-order valence-electron chi connectivity index (χ0n) is 6.80. The third kappa shape index (κ3) is 0.966. The van der Waals surface area contributed by atoms with Crippen LogP contribution in [0.4, 0.5) is 0 Å². The second-order valence-electron chi connectivity index (χ2n) is 2.98. The molecule has 0 aliphatic carbocycles. The van der Waals surface area contributed by atoms with Crippen LogP contribution in [0.1, 0.15) is 29.7 Å². The summed E-state index contributed by atoms with van der Waals surface area (Å²) >= 11 is 5.94. The number of Topliss-reactive ketones (excluding diaryl/α,β-unsaturated/α-hetero) is 1. The first kappa shape index (κ1) is 7.80. The number of rotatable bonds is 1. The minimum absolute atomic E-state index is 0.0538. The van der Waals surface area contributed by atoms with Crippen LogP contribution in [-0.4, -0.2) is 15.3 Å². The maximum absolute atomic E-state index is 11.0. The van der Waals surface area contributed by atoms with Crippen LogP contribution in [0.5, 0.6) is 0 Å². The third-order valence-electron chi connectivity index (χ3n) is 2.10. The van der Waals surface area contributed by atoms with Gasteiger partial charge in [0.15, 0.2) is 5.78 Å². The van der Waals surface area contributed by atoms with Crippen LogP contribution in [0.25, 0.3) is 0 Å². The third-order valence-corrected chi connectivity index (χ3v) is 2.48. The molecule has 0 N–H and O–H groups in total. The molecule has 0 saturated carbocycles. The van der Waals surface area contributed by atoms with Crippen LogP contribution in [0, 0.1) is 0 Å². The number of halogens is 1. The van der Waals surface area contributed by atoms with E-state index in [-0.39, 0.29) is 5.78 Å². The minimum atomic E-state index is -0.0538. The van der Waals surface area contributed by atoms with Crippen molar-refractivity contribution in [3.05, 3.63) is 16.7 Å². The molecule has 0 saturated heterocycles. The van der Waals surface area contributed by atoms with Gasteiger partial charge in [0.05, 0.1) is 0 Å². The number of nitrogens with zero attached hydrogens (tertiary/aromatic N) is 2. The second kappa shape index (κ2) is 2.59. The van der Waals surface area contributed by atoms with E-state index in [0.717, 1.165) is 25.2 Å². The number of imidazole rings is 1. The zero-order valence-corrected chi connectivity index (χ0v) is 7.56. The van der Waals surface area contributed by atoms with Crippen molar-refractivity contribution in [1.29, 1.82) is 0 Å². The normalized spacial score (nSPS) is 14.8. The Morgan fingerprint density at radius 3 is 3.00 bits per heavy atom. The zero-order chi connectivity index (χ0) is 8.72. The molecule has 64 valence electrons. The van der Waals surface area contributed by atoms with Gasteiger partial charge in [0.2, 0.25) is 0 Å². The molecule has 1 aromatic heterocycles. The average Bonchev–Trinajstić information content (AvgIpc) is 2.53. The minimum Gasteiger partial charge on any atom is -0.318 e. The highest BCUT2D eigenvalue weighted by Crippen LogP contribution is 2.24. The van der Waals surface area contributed by atoms with Crippen molar-refractivity contribution in [3.8, 4) is 0 Å². The molecule has 0 spiro atoms. The van der Waals surface area contributed by atoms with Crippen molar-refractivity contribution < 1.29 is 4.79 Å². The molecule has 0 fully saturated rings. The van der Waals surface area contributed by atoms with Crippen LogP contribution in [0.15, 0.2) is 0 Å². The molecule has 1 aromatic rings. The van der Waals surface area contributed by atoms with Gasteiger partial charge in [-0.2, -0.15) is 0 Å². The van der Waals surface area contributed by atoms with E-state index < -0.39 is 0 Å². The number of carbonyl (C=O) groups is 1. The molecule has 0 unspecified atom stereocenters. The van der Waals surface area contributed by atoms with E-state index in [1.54, 1.807) is 0 Å². The standard InChI is InChI=1S/C8H9ClN2O/c1-5(12)7-8(9)11-4-2-3-6(11)10-7/h2-4H2,1H3. The maximum Gasteiger partial charge on any atom is 0.181 e. The summed E-state index contributed by atoms with van der Waals surface area (Å²) in [7, 11) is 0. The number of ketones is 1. The van der Waals surface area contributed by atoms with Crippen molar-refractivity contribution in [2.24, 2.45) is 0 Å². The van der Waals surface area contributed by atoms with Crippen molar-refractivity contribution >= 4 is 17.4 Å². The van der Waals surface area contributed by atoms with Crippen LogP contribution < -0.4 is 0 Å². The lowest BCUT2D eigenvalue weighted by Crippen LogP contribution is -1.96. The summed E-state index contributed by atoms with van der Waals surface area (Å²) in [6, 6.07) is 0. The lowest BCUT2D eigenvalue weighted by atomic mass is 10.3. The SMILES string of the molecule is CC(=O)c1nc2n(c1Cl)CCC2. The number of carbonyl (C=O) groups excluding carboxylic acids is 1. The molecule has 1 aliphatic heterocycles. The second-order valence-corrected chi connectivity index (χ2v) is 3.34. The lowest BCUT2D eigenvalue weighted by molar-refractivity contribution is 0.101. The molecular weight excluding hydrogens is 176 g/mol. The average molecular weight is 185 g/mol. The van der Waals surface area contributed by atoms with E-state index >= 15 is 0 Å². The van der Waals surface area contributed by atoms with Gasteiger partial charge >= 0.3 is 0 Å². The highest BCUT2D eigenvalue weighted by atomic mass is 35.5. The van der Waals surface area contributed by atoms with Crippen molar-refractivity contribution in [2.45, 2.75) is 26.3 Å². The molecule has 0 bridgehead atoms. The summed E-state index contributed by atoms with van der Waals surface area (Å²) < 4.78 is 1.91. The Hall–Kier alpha value is -0.830. The van der Waals surface area contributed by atoms with E-state index in [4.69, 9.17) is 11.6 Å². The smallest absolute Gasteiger partial charge is 0.181 e. The quantitative estimate of drug-likeness (QED) is 0.623. The number of aryl methyl sites for hydroxylation is 1. The molecule has 0 atom stereocenters. The van der Waals surface area contributed by atoms with Gasteiger partial charge in [0.25, 0.3) is 0 Å². The molecular formula is C8H9ClN2O. The van der Waals surface area contributed by atoms with Crippen LogP contribution >= 0.6 is 11.6 Å². The Labute approximate surface area is 75.4 Å². The lowest BCUT2D eigenvalue weighted by Gasteiger charge is -1.95. The highest BCUT2D eigenvalue weighted by Gasteiger charge is 2.21. The van der Waals surface area contributed by atoms with Gasteiger partial charge in [-0.05, 0) is 6.42 Å². The fourth-order valence-corrected chi connectivity index (χ4v) is 1.87. The monoisotopic (exact) mass is 184 g/mol. The fraction of sp³-hybridized carbons (Fsp3) is 0.500. The predicted molar refractivity (Wildman–Crippen MR) is 45.6 cm³/mol. The molecule has 0 radical (unpaired) electrons. The first-order chi connectivity index (χ1) is 5.70. The molecule has 4 heteroatoms. The van der Waals surface area contributed by atoms with Crippen molar-refractivity contribution in [3.63, 3.8) is 0 Å². The van der Waals surface area contributed by atoms with Gasteiger partial charge in [-0.3, -0.25) is 4.79 Å². The van der Waals surface area contributed by atoms with E-state index in [9.17, 15) is 4.79 Å². The fourth-order valence-electron chi connectivity index (χ4n) is 1.51. The van der Waals surface area contributed by atoms with Gasteiger partial charge < -0.3 is 4.57 Å². The van der Waals surface area contributed by atoms with Gasteiger partial charge in [0, 0.05) is 19.9 Å². The van der Waals surface area contributed by atoms with Crippen LogP contribution in [0.2, 0.25) is 5.15 Å². The molecule has 2 heterocycles. The summed E-state index contributed by atoms with van der Waals surface area (Å²) in [4.78, 5) is 15.2. The Balaban J connectivity index is 2.54. The Morgan fingerprint density at radius 1 is 1.67 bits per heavy atom. The molecule has 1 aliphatic rings. The largest absolute Gasteiger partial charge is 0.318 e. The first-order valence-electron chi connectivity index (χ1n) is 3.96. The van der Waals surface area contributed by atoms with Crippen molar-refractivity contribution in [2.75, 3.05) is 0 Å². The number of hydrogen-bond donors (Lipinski definition) is 0. The Morgan fingerprint density at radius 2 is 2.42 bits per heavy atom. The van der Waals surface area contributed by atoms with Crippen LogP contribution in [-0.2, 0) is 13.0 Å². The maximum atomic E-state index is 11.0. The van der Waals surface area contributed by atoms with E-state index in [1.807, 2.05) is 4.57 Å². The summed E-state index contributed by atoms with van der Waals surface area (Å²) in [6.07, 6.45) is 2.02. The van der Waals surface area contributed by atoms with Crippen molar-refractivity contribution in [1.82, 2.24) is 9.55 Å². The topological polar surface area (TPSA) is 34.9 Å².